The number of rotatable bonds is 3. The Morgan fingerprint density at radius 2 is 1.96 bits per heavy atom. The monoisotopic (exact) mass is 369 g/mol. The van der Waals surface area contributed by atoms with Crippen LogP contribution in [0.4, 0.5) is 22.0 Å². The predicted octanol–water partition coefficient (Wildman–Crippen LogP) is 4.07. The van der Waals surface area contributed by atoms with Crippen molar-refractivity contribution in [1.82, 2.24) is 14.5 Å². The molecule has 2 heterocycles. The molecule has 26 heavy (non-hydrogen) atoms. The van der Waals surface area contributed by atoms with Crippen molar-refractivity contribution >= 4 is 11.2 Å². The van der Waals surface area contributed by atoms with Gasteiger partial charge in [0.1, 0.15) is 0 Å². The quantitative estimate of drug-likeness (QED) is 0.708. The third-order valence-corrected chi connectivity index (χ3v) is 4.51. The van der Waals surface area contributed by atoms with Gasteiger partial charge < -0.3 is 0 Å². The van der Waals surface area contributed by atoms with Crippen molar-refractivity contribution in [1.29, 1.82) is 0 Å². The number of nitrogens with zero attached hydrogens (tertiary/aromatic N) is 2. The van der Waals surface area contributed by atoms with E-state index in [0.717, 1.165) is 16.7 Å². The molecule has 1 aromatic carbocycles. The minimum atomic E-state index is -4.48. The number of hydrogen-bond donors (Lipinski definition) is 1. The third-order valence-electron chi connectivity index (χ3n) is 4.51. The van der Waals surface area contributed by atoms with Gasteiger partial charge in [0, 0.05) is 30.6 Å². The summed E-state index contributed by atoms with van der Waals surface area (Å²) in [5.74, 6) is -3.70. The van der Waals surface area contributed by atoms with E-state index in [1.807, 2.05) is 0 Å². The average Bonchev–Trinajstić information content (AvgIpc) is 3.05. The van der Waals surface area contributed by atoms with Crippen LogP contribution in [0.5, 0.6) is 0 Å². The van der Waals surface area contributed by atoms with E-state index < -0.39 is 29.3 Å². The molecule has 0 bridgehead atoms. The second-order valence-electron chi connectivity index (χ2n) is 6.37. The molecule has 3 aromatic rings. The number of aromatic nitrogens is 3. The Balaban J connectivity index is 1.77. The molecule has 0 amide bonds. The molecule has 1 fully saturated rings. The van der Waals surface area contributed by atoms with Crippen LogP contribution in [0.3, 0.4) is 0 Å². The van der Waals surface area contributed by atoms with E-state index in [1.54, 1.807) is 0 Å². The first kappa shape index (κ1) is 16.7. The van der Waals surface area contributed by atoms with Crippen LogP contribution in [-0.4, -0.2) is 20.5 Å². The number of H-pyrrole nitrogens is 1. The predicted molar refractivity (Wildman–Crippen MR) is 83.8 cm³/mol. The van der Waals surface area contributed by atoms with Crippen LogP contribution in [-0.2, 0) is 12.7 Å². The van der Waals surface area contributed by atoms with Crippen LogP contribution >= 0.6 is 0 Å². The van der Waals surface area contributed by atoms with E-state index >= 15 is 0 Å². The number of benzene rings is 1. The number of nitrogens with one attached hydrogen (secondary N) is 1. The van der Waals surface area contributed by atoms with Gasteiger partial charge in [-0.05, 0) is 23.8 Å². The Bertz CT molecular complexity index is 1050. The van der Waals surface area contributed by atoms with Gasteiger partial charge in [-0.25, -0.2) is 18.6 Å². The molecule has 0 saturated heterocycles. The van der Waals surface area contributed by atoms with Gasteiger partial charge in [0.2, 0.25) is 0 Å². The van der Waals surface area contributed by atoms with Gasteiger partial charge in [-0.1, -0.05) is 12.1 Å². The van der Waals surface area contributed by atoms with Crippen molar-refractivity contribution in [2.45, 2.75) is 25.1 Å². The van der Waals surface area contributed by atoms with Gasteiger partial charge in [-0.2, -0.15) is 13.2 Å². The number of hydrogen-bond acceptors (Lipinski definition) is 2. The number of pyridine rings is 1. The van der Waals surface area contributed by atoms with Crippen molar-refractivity contribution in [3.63, 3.8) is 0 Å². The molecule has 1 aliphatic carbocycles. The van der Waals surface area contributed by atoms with Crippen LogP contribution < -0.4 is 5.69 Å². The molecule has 0 spiro atoms. The van der Waals surface area contributed by atoms with Gasteiger partial charge in [-0.15, -0.1) is 0 Å². The summed E-state index contributed by atoms with van der Waals surface area (Å²) in [5, 5.41) is 0. The highest BCUT2D eigenvalue weighted by Gasteiger charge is 2.56. The SMILES string of the molecule is O=c1[nH]c2ncc(-c3cccc(C(F)(F)F)c3)cc2n1C[C@H]1CC1(F)F. The van der Waals surface area contributed by atoms with E-state index in [2.05, 4.69) is 9.97 Å². The second-order valence-corrected chi connectivity index (χ2v) is 6.37. The Labute approximate surface area is 143 Å². The van der Waals surface area contributed by atoms with Gasteiger partial charge in [-0.3, -0.25) is 9.55 Å². The molecule has 0 unspecified atom stereocenters. The normalized spacial score (nSPS) is 19.0. The third kappa shape index (κ3) is 2.87. The molecule has 4 nitrogen and oxygen atoms in total. The van der Waals surface area contributed by atoms with E-state index in [0.29, 0.717) is 5.56 Å². The summed E-state index contributed by atoms with van der Waals surface area (Å²) >= 11 is 0. The fraction of sp³-hybridized carbons (Fsp3) is 0.294. The smallest absolute Gasteiger partial charge is 0.290 e. The van der Waals surface area contributed by atoms with Crippen molar-refractivity contribution in [2.24, 2.45) is 5.92 Å². The highest BCUT2D eigenvalue weighted by Crippen LogP contribution is 2.49. The summed E-state index contributed by atoms with van der Waals surface area (Å²) < 4.78 is 66.2. The van der Waals surface area contributed by atoms with Crippen molar-refractivity contribution < 1.29 is 22.0 Å². The highest BCUT2D eigenvalue weighted by atomic mass is 19.4. The Hall–Kier alpha value is -2.71. The fourth-order valence-electron chi connectivity index (χ4n) is 2.94. The lowest BCUT2D eigenvalue weighted by molar-refractivity contribution is -0.137. The lowest BCUT2D eigenvalue weighted by Gasteiger charge is -2.09. The molecule has 4 rings (SSSR count). The van der Waals surface area contributed by atoms with Crippen molar-refractivity contribution in [3.05, 3.63) is 52.6 Å². The first-order chi connectivity index (χ1) is 12.1. The number of fused-ring (bicyclic) bond motifs is 1. The van der Waals surface area contributed by atoms with Gasteiger partial charge in [0.25, 0.3) is 5.92 Å². The van der Waals surface area contributed by atoms with E-state index in [9.17, 15) is 26.7 Å². The van der Waals surface area contributed by atoms with E-state index in [1.165, 1.54) is 24.4 Å². The molecule has 0 radical (unpaired) electrons. The zero-order valence-corrected chi connectivity index (χ0v) is 13.1. The number of halogens is 5. The highest BCUT2D eigenvalue weighted by molar-refractivity contribution is 5.78. The molecule has 1 aliphatic rings. The average molecular weight is 369 g/mol. The molecule has 9 heteroatoms. The van der Waals surface area contributed by atoms with Crippen LogP contribution in [0, 0.1) is 5.92 Å². The molecular weight excluding hydrogens is 357 g/mol. The molecule has 136 valence electrons. The van der Waals surface area contributed by atoms with E-state index in [-0.39, 0.29) is 29.7 Å². The summed E-state index contributed by atoms with van der Waals surface area (Å²) in [6.45, 7) is -0.167. The number of imidazole rings is 1. The second kappa shape index (κ2) is 5.39. The Morgan fingerprint density at radius 1 is 1.23 bits per heavy atom. The summed E-state index contributed by atoms with van der Waals surface area (Å²) in [5.41, 5.74) is -0.261. The summed E-state index contributed by atoms with van der Waals surface area (Å²) in [7, 11) is 0. The minimum absolute atomic E-state index is 0.167. The lowest BCUT2D eigenvalue weighted by atomic mass is 10.0. The number of aromatic amines is 1. The largest absolute Gasteiger partial charge is 0.416 e. The molecule has 1 atom stereocenters. The van der Waals surface area contributed by atoms with Crippen LogP contribution in [0.2, 0.25) is 0 Å². The summed E-state index contributed by atoms with van der Waals surface area (Å²) in [6.07, 6.45) is -3.43. The van der Waals surface area contributed by atoms with Gasteiger partial charge in [0.15, 0.2) is 5.65 Å². The van der Waals surface area contributed by atoms with Crippen molar-refractivity contribution in [3.8, 4) is 11.1 Å². The molecule has 2 aromatic heterocycles. The molecule has 0 aliphatic heterocycles. The molecule has 1 N–H and O–H groups in total. The van der Waals surface area contributed by atoms with Crippen molar-refractivity contribution in [2.75, 3.05) is 0 Å². The van der Waals surface area contributed by atoms with E-state index in [4.69, 9.17) is 0 Å². The lowest BCUT2D eigenvalue weighted by Crippen LogP contribution is -2.19. The molecular formula is C17H12F5N3O. The standard InChI is InChI=1S/C17H12F5N3O/c18-16(19)6-12(16)8-25-13-5-10(7-23-14(13)24-15(25)26)9-2-1-3-11(4-9)17(20,21)22/h1-5,7,12H,6,8H2,(H,23,24,26)/t12-/m1/s1. The zero-order chi connectivity index (χ0) is 18.7. The minimum Gasteiger partial charge on any atom is -0.290 e. The number of alkyl halides is 5. The maximum absolute atomic E-state index is 13.2. The van der Waals surface area contributed by atoms with Crippen LogP contribution in [0.1, 0.15) is 12.0 Å². The van der Waals surface area contributed by atoms with Crippen LogP contribution in [0.25, 0.3) is 22.3 Å². The van der Waals surface area contributed by atoms with Gasteiger partial charge in [0.05, 0.1) is 11.1 Å². The fourth-order valence-corrected chi connectivity index (χ4v) is 2.94. The first-order valence-corrected chi connectivity index (χ1v) is 7.79. The first-order valence-electron chi connectivity index (χ1n) is 7.79. The summed E-state index contributed by atoms with van der Waals surface area (Å²) in [6, 6.07) is 6.18. The van der Waals surface area contributed by atoms with Crippen LogP contribution in [0.15, 0.2) is 41.3 Å². The van der Waals surface area contributed by atoms with Gasteiger partial charge >= 0.3 is 11.9 Å². The Morgan fingerprint density at radius 3 is 2.62 bits per heavy atom. The topological polar surface area (TPSA) is 50.7 Å². The molecule has 1 saturated carbocycles. The zero-order valence-electron chi connectivity index (χ0n) is 13.1. The Kier molecular flexibility index (Phi) is 3.47. The maximum Gasteiger partial charge on any atom is 0.416 e. The summed E-state index contributed by atoms with van der Waals surface area (Å²) in [4.78, 5) is 18.5. The maximum atomic E-state index is 13.2.